The minimum absolute atomic E-state index is 0.00589. The van der Waals surface area contributed by atoms with E-state index in [1.165, 1.54) is 0 Å². The van der Waals surface area contributed by atoms with Crippen molar-refractivity contribution in [3.8, 4) is 0 Å². The number of hydrogen-bond acceptors (Lipinski definition) is 2. The van der Waals surface area contributed by atoms with Gasteiger partial charge < -0.3 is 5.11 Å². The van der Waals surface area contributed by atoms with Crippen LogP contribution in [0.3, 0.4) is 0 Å². The highest BCUT2D eigenvalue weighted by Crippen LogP contribution is 2.09. The third kappa shape index (κ3) is 2.87. The number of aliphatic carboxylic acids is 1. The van der Waals surface area contributed by atoms with E-state index in [0.717, 1.165) is 12.1 Å². The normalized spacial score (nSPS) is 10.9. The molecule has 0 atom stereocenters. The molecule has 0 bridgehead atoms. The van der Waals surface area contributed by atoms with Gasteiger partial charge in [0.15, 0.2) is 0 Å². The maximum atomic E-state index is 10.5. The van der Waals surface area contributed by atoms with Crippen LogP contribution < -0.4 is 0 Å². The van der Waals surface area contributed by atoms with Crippen molar-refractivity contribution >= 4 is 5.97 Å². The lowest BCUT2D eigenvalue weighted by atomic mass is 10.1. The molecule has 0 radical (unpaired) electrons. The van der Waals surface area contributed by atoms with Gasteiger partial charge >= 0.3 is 5.97 Å². The van der Waals surface area contributed by atoms with Crippen LogP contribution in [0.5, 0.6) is 0 Å². The quantitative estimate of drug-likeness (QED) is 0.788. The van der Waals surface area contributed by atoms with Crippen molar-refractivity contribution in [1.29, 1.82) is 0 Å². The summed E-state index contributed by atoms with van der Waals surface area (Å²) in [7, 11) is 1.85. The van der Waals surface area contributed by atoms with Gasteiger partial charge in [0.25, 0.3) is 0 Å². The topological polar surface area (TPSA) is 55.1 Å². The van der Waals surface area contributed by atoms with E-state index in [9.17, 15) is 4.79 Å². The zero-order chi connectivity index (χ0) is 10.7. The summed E-state index contributed by atoms with van der Waals surface area (Å²) in [6, 6.07) is 1.87. The summed E-state index contributed by atoms with van der Waals surface area (Å²) < 4.78 is 1.76. The van der Waals surface area contributed by atoms with E-state index in [2.05, 4.69) is 18.9 Å². The van der Waals surface area contributed by atoms with Crippen molar-refractivity contribution in [1.82, 2.24) is 9.78 Å². The van der Waals surface area contributed by atoms with Gasteiger partial charge in [0.05, 0.1) is 12.1 Å². The Balaban J connectivity index is 2.76. The van der Waals surface area contributed by atoms with E-state index in [4.69, 9.17) is 5.11 Å². The largest absolute Gasteiger partial charge is 0.481 e. The van der Waals surface area contributed by atoms with Crippen molar-refractivity contribution in [2.45, 2.75) is 26.7 Å². The first-order valence-electron chi connectivity index (χ1n) is 4.72. The second kappa shape index (κ2) is 4.26. The van der Waals surface area contributed by atoms with Crippen molar-refractivity contribution in [2.24, 2.45) is 13.0 Å². The van der Waals surface area contributed by atoms with Crippen LogP contribution in [0.15, 0.2) is 6.07 Å². The third-order valence-corrected chi connectivity index (χ3v) is 1.98. The molecule has 1 aromatic rings. The molecule has 0 unspecified atom stereocenters. The molecular formula is C10H16N2O2. The maximum absolute atomic E-state index is 10.5. The van der Waals surface area contributed by atoms with E-state index >= 15 is 0 Å². The second-order valence-corrected chi connectivity index (χ2v) is 3.92. The number of nitrogens with zero attached hydrogens (tertiary/aromatic N) is 2. The SMILES string of the molecule is CC(C)Cc1cc(CC(=O)O)nn1C. The van der Waals surface area contributed by atoms with Crippen molar-refractivity contribution in [2.75, 3.05) is 0 Å². The highest BCUT2D eigenvalue weighted by Gasteiger charge is 2.09. The van der Waals surface area contributed by atoms with E-state index in [0.29, 0.717) is 11.6 Å². The number of carbonyl (C=O) groups is 1. The van der Waals surface area contributed by atoms with Gasteiger partial charge in [-0.1, -0.05) is 13.8 Å². The van der Waals surface area contributed by atoms with Crippen LogP contribution in [0.2, 0.25) is 0 Å². The van der Waals surface area contributed by atoms with Gasteiger partial charge in [0.2, 0.25) is 0 Å². The molecule has 0 amide bonds. The lowest BCUT2D eigenvalue weighted by Crippen LogP contribution is -2.03. The molecule has 1 N–H and O–H groups in total. The number of aromatic nitrogens is 2. The number of hydrogen-bond donors (Lipinski definition) is 1. The van der Waals surface area contributed by atoms with Crippen molar-refractivity contribution in [3.63, 3.8) is 0 Å². The Morgan fingerprint density at radius 3 is 2.79 bits per heavy atom. The molecule has 0 aromatic carbocycles. The van der Waals surface area contributed by atoms with Crippen LogP contribution in [0.1, 0.15) is 25.2 Å². The van der Waals surface area contributed by atoms with Crippen LogP contribution in [-0.4, -0.2) is 20.9 Å². The molecule has 0 aliphatic rings. The second-order valence-electron chi connectivity index (χ2n) is 3.92. The fourth-order valence-corrected chi connectivity index (χ4v) is 1.42. The minimum Gasteiger partial charge on any atom is -0.481 e. The zero-order valence-corrected chi connectivity index (χ0v) is 8.82. The summed E-state index contributed by atoms with van der Waals surface area (Å²) in [6.45, 7) is 4.26. The minimum atomic E-state index is -0.834. The summed E-state index contributed by atoms with van der Waals surface area (Å²) in [5, 5.41) is 12.7. The van der Waals surface area contributed by atoms with Crippen molar-refractivity contribution < 1.29 is 9.90 Å². The summed E-state index contributed by atoms with van der Waals surface area (Å²) in [6.07, 6.45) is 0.940. The lowest BCUT2D eigenvalue weighted by Gasteiger charge is -2.03. The Bertz CT molecular complexity index is 329. The van der Waals surface area contributed by atoms with Gasteiger partial charge in [-0.15, -0.1) is 0 Å². The number of carboxylic acid groups (broad SMARTS) is 1. The standard InChI is InChI=1S/C10H16N2O2/c1-7(2)4-9-5-8(6-10(13)14)11-12(9)3/h5,7H,4,6H2,1-3H3,(H,13,14). The summed E-state index contributed by atoms with van der Waals surface area (Å²) in [5.41, 5.74) is 1.73. The molecule has 4 heteroatoms. The van der Waals surface area contributed by atoms with E-state index < -0.39 is 5.97 Å². The van der Waals surface area contributed by atoms with Gasteiger partial charge in [-0.05, 0) is 18.4 Å². The van der Waals surface area contributed by atoms with Gasteiger partial charge in [-0.3, -0.25) is 9.48 Å². The molecule has 0 saturated heterocycles. The van der Waals surface area contributed by atoms with E-state index in [1.54, 1.807) is 4.68 Å². The fourth-order valence-electron chi connectivity index (χ4n) is 1.42. The molecule has 0 saturated carbocycles. The molecule has 4 nitrogen and oxygen atoms in total. The Kier molecular flexibility index (Phi) is 3.28. The van der Waals surface area contributed by atoms with Crippen LogP contribution in [0.4, 0.5) is 0 Å². The van der Waals surface area contributed by atoms with Gasteiger partial charge in [0, 0.05) is 12.7 Å². The third-order valence-electron chi connectivity index (χ3n) is 1.98. The molecule has 0 aliphatic carbocycles. The summed E-state index contributed by atoms with van der Waals surface area (Å²) in [5.74, 6) is -0.276. The number of carboxylic acids is 1. The molecule has 0 aliphatic heterocycles. The lowest BCUT2D eigenvalue weighted by molar-refractivity contribution is -0.136. The Morgan fingerprint density at radius 1 is 1.64 bits per heavy atom. The van der Waals surface area contributed by atoms with Crippen LogP contribution in [0, 0.1) is 5.92 Å². The van der Waals surface area contributed by atoms with Crippen LogP contribution >= 0.6 is 0 Å². The maximum Gasteiger partial charge on any atom is 0.309 e. The summed E-state index contributed by atoms with van der Waals surface area (Å²) >= 11 is 0. The molecular weight excluding hydrogens is 180 g/mol. The Hall–Kier alpha value is -1.32. The van der Waals surface area contributed by atoms with Gasteiger partial charge in [0.1, 0.15) is 0 Å². The monoisotopic (exact) mass is 196 g/mol. The van der Waals surface area contributed by atoms with Crippen LogP contribution in [-0.2, 0) is 24.7 Å². The fraction of sp³-hybridized carbons (Fsp3) is 0.600. The molecule has 1 heterocycles. The predicted molar refractivity (Wildman–Crippen MR) is 53.1 cm³/mol. The van der Waals surface area contributed by atoms with E-state index in [1.807, 2.05) is 13.1 Å². The molecule has 0 spiro atoms. The summed E-state index contributed by atoms with van der Waals surface area (Å²) in [4.78, 5) is 10.5. The zero-order valence-electron chi connectivity index (χ0n) is 8.82. The highest BCUT2D eigenvalue weighted by atomic mass is 16.4. The molecule has 1 rings (SSSR count). The number of rotatable bonds is 4. The Labute approximate surface area is 83.5 Å². The average Bonchev–Trinajstić information content (AvgIpc) is 2.28. The Morgan fingerprint density at radius 2 is 2.29 bits per heavy atom. The van der Waals surface area contributed by atoms with Crippen LogP contribution in [0.25, 0.3) is 0 Å². The average molecular weight is 196 g/mol. The smallest absolute Gasteiger partial charge is 0.309 e. The highest BCUT2D eigenvalue weighted by molar-refractivity contribution is 5.69. The predicted octanol–water partition coefficient (Wildman–Crippen LogP) is 1.25. The van der Waals surface area contributed by atoms with Crippen molar-refractivity contribution in [3.05, 3.63) is 17.5 Å². The number of aryl methyl sites for hydroxylation is 1. The first-order chi connectivity index (χ1) is 6.49. The van der Waals surface area contributed by atoms with Gasteiger partial charge in [-0.2, -0.15) is 5.10 Å². The molecule has 78 valence electrons. The molecule has 0 fully saturated rings. The van der Waals surface area contributed by atoms with Gasteiger partial charge in [-0.25, -0.2) is 0 Å². The first-order valence-corrected chi connectivity index (χ1v) is 4.72. The molecule has 14 heavy (non-hydrogen) atoms. The first kappa shape index (κ1) is 10.8. The van der Waals surface area contributed by atoms with E-state index in [-0.39, 0.29) is 6.42 Å². The molecule has 1 aromatic heterocycles.